The van der Waals surface area contributed by atoms with Crippen LogP contribution < -0.4 is 19.6 Å². The second-order valence-electron chi connectivity index (χ2n) is 8.21. The Kier molecular flexibility index (Phi) is 8.34. The zero-order valence-electron chi connectivity index (χ0n) is 19.8. The highest BCUT2D eigenvalue weighted by molar-refractivity contribution is 7.89. The third-order valence-electron chi connectivity index (χ3n) is 5.98. The van der Waals surface area contributed by atoms with E-state index in [9.17, 15) is 23.1 Å². The van der Waals surface area contributed by atoms with E-state index in [-0.39, 0.29) is 16.6 Å². The van der Waals surface area contributed by atoms with Gasteiger partial charge in [0.15, 0.2) is 0 Å². The van der Waals surface area contributed by atoms with Gasteiger partial charge in [0.25, 0.3) is 10.0 Å². The summed E-state index contributed by atoms with van der Waals surface area (Å²) >= 11 is 0. The van der Waals surface area contributed by atoms with Gasteiger partial charge in [0.05, 0.1) is 31.8 Å². The number of nitrogens with zero attached hydrogens (tertiary/aromatic N) is 1. The molecule has 10 nitrogen and oxygen atoms in total. The highest BCUT2D eigenvalue weighted by Crippen LogP contribution is 2.31. The number of hydrazone groups is 1. The van der Waals surface area contributed by atoms with E-state index in [4.69, 9.17) is 9.47 Å². The molecule has 0 aliphatic heterocycles. The summed E-state index contributed by atoms with van der Waals surface area (Å²) in [4.78, 5) is 26.2. The minimum atomic E-state index is -4.03. The van der Waals surface area contributed by atoms with Gasteiger partial charge in [0.2, 0.25) is 5.91 Å². The van der Waals surface area contributed by atoms with Crippen molar-refractivity contribution in [1.29, 1.82) is 0 Å². The van der Waals surface area contributed by atoms with E-state index >= 15 is 0 Å². The van der Waals surface area contributed by atoms with E-state index in [1.165, 1.54) is 26.4 Å². The van der Waals surface area contributed by atoms with Crippen LogP contribution in [0.2, 0.25) is 0 Å². The highest BCUT2D eigenvalue weighted by atomic mass is 32.2. The number of aliphatic carboxylic acids is 1. The van der Waals surface area contributed by atoms with Gasteiger partial charge in [-0.05, 0) is 49.6 Å². The first-order valence-corrected chi connectivity index (χ1v) is 12.6. The molecule has 0 saturated heterocycles. The van der Waals surface area contributed by atoms with Gasteiger partial charge in [-0.1, -0.05) is 25.0 Å². The third-order valence-corrected chi connectivity index (χ3v) is 7.21. The van der Waals surface area contributed by atoms with Crippen LogP contribution >= 0.6 is 0 Å². The number of ether oxygens (including phenoxy) is 2. The number of hydrogen-bond donors (Lipinski definition) is 3. The quantitative estimate of drug-likeness (QED) is 0.352. The van der Waals surface area contributed by atoms with Crippen LogP contribution in [0.25, 0.3) is 0 Å². The number of nitrogens with one attached hydrogen (secondary N) is 2. The van der Waals surface area contributed by atoms with E-state index in [0.717, 1.165) is 12.8 Å². The average Bonchev–Trinajstić information content (AvgIpc) is 2.87. The van der Waals surface area contributed by atoms with Crippen molar-refractivity contribution in [3.8, 4) is 11.5 Å². The van der Waals surface area contributed by atoms with Crippen LogP contribution in [0.4, 0.5) is 5.69 Å². The molecule has 0 spiro atoms. The second-order valence-corrected chi connectivity index (χ2v) is 9.84. The fourth-order valence-electron chi connectivity index (χ4n) is 4.01. The van der Waals surface area contributed by atoms with Gasteiger partial charge in [-0.3, -0.25) is 9.59 Å². The number of methoxy groups -OCH3 is 2. The second kappa shape index (κ2) is 11.2. The molecule has 0 heterocycles. The average molecular weight is 504 g/mol. The number of anilines is 1. The van der Waals surface area contributed by atoms with Crippen molar-refractivity contribution in [2.75, 3.05) is 19.5 Å². The van der Waals surface area contributed by atoms with Gasteiger partial charge in [-0.2, -0.15) is 18.4 Å². The molecule has 11 heteroatoms. The molecule has 0 aromatic heterocycles. The Hall–Kier alpha value is -3.60. The van der Waals surface area contributed by atoms with Gasteiger partial charge in [-0.15, -0.1) is 0 Å². The number of rotatable bonds is 9. The van der Waals surface area contributed by atoms with Crippen molar-refractivity contribution in [3.05, 3.63) is 48.0 Å². The van der Waals surface area contributed by atoms with E-state index in [0.29, 0.717) is 35.6 Å². The lowest BCUT2D eigenvalue weighted by molar-refractivity contribution is -0.147. The normalized spacial score (nSPS) is 18.4. The Morgan fingerprint density at radius 1 is 1.00 bits per heavy atom. The van der Waals surface area contributed by atoms with Crippen molar-refractivity contribution in [3.63, 3.8) is 0 Å². The van der Waals surface area contributed by atoms with Crippen molar-refractivity contribution in [2.24, 2.45) is 16.9 Å². The summed E-state index contributed by atoms with van der Waals surface area (Å²) in [5.74, 6) is -1.99. The first-order chi connectivity index (χ1) is 16.7. The van der Waals surface area contributed by atoms with Gasteiger partial charge < -0.3 is 19.9 Å². The van der Waals surface area contributed by atoms with E-state index in [2.05, 4.69) is 15.2 Å². The van der Waals surface area contributed by atoms with Crippen LogP contribution in [-0.4, -0.2) is 45.3 Å². The first-order valence-electron chi connectivity index (χ1n) is 11.1. The summed E-state index contributed by atoms with van der Waals surface area (Å²) in [6, 6.07) is 11.1. The van der Waals surface area contributed by atoms with Crippen molar-refractivity contribution in [2.45, 2.75) is 37.5 Å². The van der Waals surface area contributed by atoms with Crippen molar-refractivity contribution in [1.82, 2.24) is 4.83 Å². The van der Waals surface area contributed by atoms with Crippen LogP contribution in [0.1, 0.15) is 38.2 Å². The lowest BCUT2D eigenvalue weighted by Gasteiger charge is -2.27. The Morgan fingerprint density at radius 3 is 2.26 bits per heavy atom. The maximum absolute atomic E-state index is 12.8. The summed E-state index contributed by atoms with van der Waals surface area (Å²) in [5.41, 5.74) is 1.54. The van der Waals surface area contributed by atoms with Crippen molar-refractivity contribution < 1.29 is 32.6 Å². The zero-order chi connectivity index (χ0) is 25.6. The SMILES string of the molecule is COc1ccc(OC)c(S(=O)(=O)N/N=C(\C)c2ccc(NC(=O)[C@H]3CCCC[C@H]3C(=O)O)cc2)c1. The monoisotopic (exact) mass is 503 g/mol. The molecule has 1 aliphatic carbocycles. The predicted molar refractivity (Wildman–Crippen MR) is 130 cm³/mol. The zero-order valence-corrected chi connectivity index (χ0v) is 20.6. The maximum Gasteiger partial charge on any atom is 0.307 e. The molecule has 35 heavy (non-hydrogen) atoms. The Bertz CT molecular complexity index is 1210. The Morgan fingerprint density at radius 2 is 1.66 bits per heavy atom. The molecule has 3 rings (SSSR count). The number of carbonyl (C=O) groups is 2. The summed E-state index contributed by atoms with van der Waals surface area (Å²) in [5, 5.41) is 16.2. The maximum atomic E-state index is 12.8. The van der Waals surface area contributed by atoms with Gasteiger partial charge in [0.1, 0.15) is 16.4 Å². The molecule has 1 saturated carbocycles. The molecule has 2 atom stereocenters. The molecule has 0 unspecified atom stereocenters. The molecular weight excluding hydrogens is 474 g/mol. The Labute approximate surface area is 204 Å². The first kappa shape index (κ1) is 26.0. The molecule has 188 valence electrons. The molecule has 2 aromatic carbocycles. The highest BCUT2D eigenvalue weighted by Gasteiger charge is 2.35. The minimum Gasteiger partial charge on any atom is -0.497 e. The lowest BCUT2D eigenvalue weighted by atomic mass is 9.78. The molecule has 1 aliphatic rings. The smallest absolute Gasteiger partial charge is 0.307 e. The molecular formula is C24H29N3O7S. The summed E-state index contributed by atoms with van der Waals surface area (Å²) in [7, 11) is -1.24. The van der Waals surface area contributed by atoms with Gasteiger partial charge in [-0.25, -0.2) is 0 Å². The standard InChI is InChI=1S/C24H29N3O7S/c1-15(26-27-35(31,32)22-14-18(33-2)12-13-21(22)34-3)16-8-10-17(11-9-16)25-23(28)19-6-4-5-7-20(19)24(29)30/h8-14,19-20,27H,4-7H2,1-3H3,(H,25,28)(H,29,30)/b26-15+/t19-,20+/m0/s1. The van der Waals surface area contributed by atoms with Gasteiger partial charge >= 0.3 is 5.97 Å². The molecule has 0 radical (unpaired) electrons. The van der Waals surface area contributed by atoms with Gasteiger partial charge in [0, 0.05) is 11.8 Å². The Balaban J connectivity index is 1.70. The third kappa shape index (κ3) is 6.30. The number of amides is 1. The van der Waals surface area contributed by atoms with E-state index in [1.807, 2.05) is 0 Å². The molecule has 0 bridgehead atoms. The molecule has 1 fully saturated rings. The largest absolute Gasteiger partial charge is 0.497 e. The number of sulfonamides is 1. The summed E-state index contributed by atoms with van der Waals surface area (Å²) in [6.45, 7) is 1.64. The van der Waals surface area contributed by atoms with Crippen LogP contribution in [0.3, 0.4) is 0 Å². The molecule has 3 N–H and O–H groups in total. The number of carboxylic acids is 1. The predicted octanol–water partition coefficient (Wildman–Crippen LogP) is 3.24. The van der Waals surface area contributed by atoms with Crippen LogP contribution in [-0.2, 0) is 19.6 Å². The van der Waals surface area contributed by atoms with Crippen LogP contribution in [0, 0.1) is 11.8 Å². The molecule has 2 aromatic rings. The molecule has 1 amide bonds. The summed E-state index contributed by atoms with van der Waals surface area (Å²) < 4.78 is 35.8. The topological polar surface area (TPSA) is 143 Å². The fourth-order valence-corrected chi connectivity index (χ4v) is 5.05. The number of benzene rings is 2. The summed E-state index contributed by atoms with van der Waals surface area (Å²) in [6.07, 6.45) is 2.68. The van der Waals surface area contributed by atoms with E-state index in [1.54, 1.807) is 37.3 Å². The number of hydrogen-bond acceptors (Lipinski definition) is 7. The fraction of sp³-hybridized carbons (Fsp3) is 0.375. The number of carboxylic acid groups (broad SMARTS) is 1. The van der Waals surface area contributed by atoms with E-state index < -0.39 is 27.8 Å². The number of carbonyl (C=O) groups excluding carboxylic acids is 1. The van der Waals surface area contributed by atoms with Crippen LogP contribution in [0.15, 0.2) is 52.5 Å². The lowest BCUT2D eigenvalue weighted by Crippen LogP contribution is -2.36. The van der Waals surface area contributed by atoms with Crippen LogP contribution in [0.5, 0.6) is 11.5 Å². The van der Waals surface area contributed by atoms with Crippen molar-refractivity contribution >= 4 is 33.3 Å². The minimum absolute atomic E-state index is 0.115.